The predicted molar refractivity (Wildman–Crippen MR) is 101 cm³/mol. The average molecular weight is 349 g/mol. The van der Waals surface area contributed by atoms with Crippen LogP contribution in [0.15, 0.2) is 73.3 Å². The van der Waals surface area contributed by atoms with Crippen LogP contribution >= 0.6 is 0 Å². The lowest BCUT2D eigenvalue weighted by Crippen LogP contribution is -2.28. The number of benzene rings is 2. The summed E-state index contributed by atoms with van der Waals surface area (Å²) < 4.78 is 1.98. The number of rotatable bonds is 8. The van der Waals surface area contributed by atoms with Crippen LogP contribution in [0, 0.1) is 0 Å². The van der Waals surface area contributed by atoms with E-state index in [0.29, 0.717) is 18.5 Å². The Hall–Kier alpha value is -2.92. The summed E-state index contributed by atoms with van der Waals surface area (Å²) in [5, 5.41) is 12.3. The minimum Gasteiger partial charge on any atom is -0.396 e. The zero-order chi connectivity index (χ0) is 18.2. The molecule has 1 amide bonds. The van der Waals surface area contributed by atoms with Crippen molar-refractivity contribution in [3.8, 4) is 0 Å². The van der Waals surface area contributed by atoms with Crippen LogP contribution in [0.25, 0.3) is 0 Å². The number of imidazole rings is 1. The molecule has 0 aliphatic heterocycles. The van der Waals surface area contributed by atoms with Crippen LogP contribution < -0.4 is 5.32 Å². The van der Waals surface area contributed by atoms with E-state index < -0.39 is 0 Å². The molecule has 1 heterocycles. The number of aliphatic hydroxyl groups excluding tert-OH is 1. The molecule has 0 bridgehead atoms. The highest BCUT2D eigenvalue weighted by Crippen LogP contribution is 2.18. The Balaban J connectivity index is 1.58. The van der Waals surface area contributed by atoms with Gasteiger partial charge in [-0.25, -0.2) is 4.98 Å². The van der Waals surface area contributed by atoms with E-state index in [4.69, 9.17) is 0 Å². The molecule has 2 aromatic carbocycles. The maximum atomic E-state index is 12.4. The molecule has 26 heavy (non-hydrogen) atoms. The number of amides is 1. The molecule has 1 atom stereocenters. The maximum absolute atomic E-state index is 12.4. The van der Waals surface area contributed by atoms with Gasteiger partial charge in [-0.2, -0.15) is 0 Å². The van der Waals surface area contributed by atoms with Gasteiger partial charge in [-0.15, -0.1) is 0 Å². The van der Waals surface area contributed by atoms with Crippen molar-refractivity contribution in [3.05, 3.63) is 90.0 Å². The van der Waals surface area contributed by atoms with E-state index in [9.17, 15) is 9.90 Å². The summed E-state index contributed by atoms with van der Waals surface area (Å²) in [6, 6.07) is 17.5. The van der Waals surface area contributed by atoms with Gasteiger partial charge in [-0.3, -0.25) is 4.79 Å². The first-order valence-electron chi connectivity index (χ1n) is 8.75. The summed E-state index contributed by atoms with van der Waals surface area (Å²) in [6.45, 7) is 1.33. The molecular formula is C21H23N3O2. The number of carbonyl (C=O) groups is 1. The van der Waals surface area contributed by atoms with Crippen LogP contribution in [0.3, 0.4) is 0 Å². The van der Waals surface area contributed by atoms with E-state index >= 15 is 0 Å². The minimum absolute atomic E-state index is 0.0956. The Bertz CT molecular complexity index is 799. The van der Waals surface area contributed by atoms with Gasteiger partial charge in [0.25, 0.3) is 5.91 Å². The van der Waals surface area contributed by atoms with E-state index in [0.717, 1.165) is 17.7 Å². The number of carbonyl (C=O) groups excluding carboxylic acids is 1. The van der Waals surface area contributed by atoms with Crippen LogP contribution in [0.5, 0.6) is 0 Å². The number of hydrogen-bond donors (Lipinski definition) is 2. The fourth-order valence-electron chi connectivity index (χ4n) is 2.94. The third-order valence-electron chi connectivity index (χ3n) is 4.40. The van der Waals surface area contributed by atoms with Crippen LogP contribution in [0.4, 0.5) is 0 Å². The SMILES string of the molecule is O=C(NCC(CCO)c1ccccc1)c1ccc(Cn2ccnc2)cc1. The van der Waals surface area contributed by atoms with Crippen LogP contribution in [-0.4, -0.2) is 33.7 Å². The zero-order valence-electron chi connectivity index (χ0n) is 14.6. The molecule has 0 radical (unpaired) electrons. The zero-order valence-corrected chi connectivity index (χ0v) is 14.6. The summed E-state index contributed by atoms with van der Waals surface area (Å²) >= 11 is 0. The lowest BCUT2D eigenvalue weighted by atomic mass is 9.96. The average Bonchev–Trinajstić information content (AvgIpc) is 3.19. The van der Waals surface area contributed by atoms with Crippen molar-refractivity contribution in [1.29, 1.82) is 0 Å². The molecule has 5 heteroatoms. The quantitative estimate of drug-likeness (QED) is 0.657. The Morgan fingerprint density at radius 3 is 2.54 bits per heavy atom. The predicted octanol–water partition coefficient (Wildman–Crippen LogP) is 2.83. The minimum atomic E-state index is -0.0990. The molecule has 1 unspecified atom stereocenters. The molecule has 1 aromatic heterocycles. The molecule has 0 aliphatic rings. The lowest BCUT2D eigenvalue weighted by Gasteiger charge is -2.17. The fourth-order valence-corrected chi connectivity index (χ4v) is 2.94. The molecular weight excluding hydrogens is 326 g/mol. The molecule has 0 saturated heterocycles. The molecule has 0 spiro atoms. The van der Waals surface area contributed by atoms with Gasteiger partial charge < -0.3 is 15.0 Å². The number of nitrogens with zero attached hydrogens (tertiary/aromatic N) is 2. The fraction of sp³-hybridized carbons (Fsp3) is 0.238. The van der Waals surface area contributed by atoms with Crippen molar-refractivity contribution in [2.24, 2.45) is 0 Å². The molecule has 0 aliphatic carbocycles. The smallest absolute Gasteiger partial charge is 0.251 e. The van der Waals surface area contributed by atoms with Crippen molar-refractivity contribution in [1.82, 2.24) is 14.9 Å². The van der Waals surface area contributed by atoms with Crippen molar-refractivity contribution >= 4 is 5.91 Å². The van der Waals surface area contributed by atoms with Crippen LogP contribution in [0.2, 0.25) is 0 Å². The second-order valence-electron chi connectivity index (χ2n) is 6.26. The number of hydrogen-bond acceptors (Lipinski definition) is 3. The molecule has 5 nitrogen and oxygen atoms in total. The molecule has 0 fully saturated rings. The van der Waals surface area contributed by atoms with Gasteiger partial charge in [-0.05, 0) is 29.7 Å². The van der Waals surface area contributed by atoms with Gasteiger partial charge in [0.05, 0.1) is 6.33 Å². The number of aliphatic hydroxyl groups is 1. The van der Waals surface area contributed by atoms with Gasteiger partial charge >= 0.3 is 0 Å². The highest BCUT2D eigenvalue weighted by atomic mass is 16.3. The summed E-state index contributed by atoms with van der Waals surface area (Å²) in [4.78, 5) is 16.5. The molecule has 134 valence electrons. The first-order chi connectivity index (χ1) is 12.8. The van der Waals surface area contributed by atoms with Gasteiger partial charge in [-0.1, -0.05) is 42.5 Å². The second-order valence-corrected chi connectivity index (χ2v) is 6.26. The summed E-state index contributed by atoms with van der Waals surface area (Å²) in [7, 11) is 0. The van der Waals surface area contributed by atoms with Gasteiger partial charge in [0, 0.05) is 43.6 Å². The first-order valence-corrected chi connectivity index (χ1v) is 8.75. The summed E-state index contributed by atoms with van der Waals surface area (Å²) in [6.07, 6.45) is 6.04. The van der Waals surface area contributed by atoms with E-state index in [1.807, 2.05) is 65.4 Å². The number of aromatic nitrogens is 2. The van der Waals surface area contributed by atoms with Crippen LogP contribution in [0.1, 0.15) is 33.8 Å². The number of nitrogens with one attached hydrogen (secondary N) is 1. The Morgan fingerprint density at radius 2 is 1.88 bits per heavy atom. The van der Waals surface area contributed by atoms with Gasteiger partial charge in [0.1, 0.15) is 0 Å². The third kappa shape index (κ3) is 4.80. The Kier molecular flexibility index (Phi) is 6.17. The van der Waals surface area contributed by atoms with Crippen molar-refractivity contribution in [3.63, 3.8) is 0 Å². The standard InChI is InChI=1S/C21H23N3O2/c25-13-10-20(18-4-2-1-3-5-18)14-23-21(26)19-8-6-17(7-9-19)15-24-12-11-22-16-24/h1-9,11-12,16,20,25H,10,13-15H2,(H,23,26). The normalized spacial score (nSPS) is 11.9. The van der Waals surface area contributed by atoms with Crippen molar-refractivity contribution < 1.29 is 9.90 Å². The Labute approximate surface area is 153 Å². The monoisotopic (exact) mass is 349 g/mol. The largest absolute Gasteiger partial charge is 0.396 e. The lowest BCUT2D eigenvalue weighted by molar-refractivity contribution is 0.0949. The summed E-state index contributed by atoms with van der Waals surface area (Å²) in [5.74, 6) is 0.00344. The molecule has 3 aromatic rings. The highest BCUT2D eigenvalue weighted by Gasteiger charge is 2.13. The van der Waals surface area contributed by atoms with E-state index in [-0.39, 0.29) is 18.4 Å². The first kappa shape index (κ1) is 17.9. The van der Waals surface area contributed by atoms with Crippen LogP contribution in [-0.2, 0) is 6.54 Å². The van der Waals surface area contributed by atoms with E-state index in [1.165, 1.54) is 0 Å². The van der Waals surface area contributed by atoms with Gasteiger partial charge in [0.15, 0.2) is 0 Å². The molecule has 3 rings (SSSR count). The van der Waals surface area contributed by atoms with Crippen molar-refractivity contribution in [2.45, 2.75) is 18.9 Å². The van der Waals surface area contributed by atoms with Crippen molar-refractivity contribution in [2.75, 3.05) is 13.2 Å². The molecule has 2 N–H and O–H groups in total. The maximum Gasteiger partial charge on any atom is 0.251 e. The highest BCUT2D eigenvalue weighted by molar-refractivity contribution is 5.94. The van der Waals surface area contributed by atoms with E-state index in [2.05, 4.69) is 10.3 Å². The summed E-state index contributed by atoms with van der Waals surface area (Å²) in [5.41, 5.74) is 2.87. The third-order valence-corrected chi connectivity index (χ3v) is 4.40. The second kappa shape index (κ2) is 8.97. The Morgan fingerprint density at radius 1 is 1.12 bits per heavy atom. The molecule has 0 saturated carbocycles. The van der Waals surface area contributed by atoms with E-state index in [1.54, 1.807) is 12.5 Å². The topological polar surface area (TPSA) is 67.2 Å². The van der Waals surface area contributed by atoms with Gasteiger partial charge in [0.2, 0.25) is 0 Å².